The maximum absolute atomic E-state index is 12.5. The molecule has 3 rings (SSSR count). The summed E-state index contributed by atoms with van der Waals surface area (Å²) in [5, 5.41) is 10.1. The zero-order chi connectivity index (χ0) is 18.7. The number of hydrogen-bond acceptors (Lipinski definition) is 3. The summed E-state index contributed by atoms with van der Waals surface area (Å²) < 4.78 is 27.6. The van der Waals surface area contributed by atoms with Crippen molar-refractivity contribution in [2.45, 2.75) is 11.8 Å². The minimum atomic E-state index is -3.76. The monoisotopic (exact) mass is 382 g/mol. The average molecular weight is 383 g/mol. The van der Waals surface area contributed by atoms with Gasteiger partial charge in [0.2, 0.25) is 0 Å². The predicted octanol–water partition coefficient (Wildman–Crippen LogP) is 4.99. The number of anilines is 1. The molecule has 0 heterocycles. The third-order valence-corrected chi connectivity index (χ3v) is 5.53. The lowest BCUT2D eigenvalue weighted by molar-refractivity contribution is 0.601. The van der Waals surface area contributed by atoms with Crippen molar-refractivity contribution in [1.82, 2.24) is 0 Å². The van der Waals surface area contributed by atoms with Gasteiger partial charge in [-0.05, 0) is 54.4 Å². The summed E-state index contributed by atoms with van der Waals surface area (Å²) >= 11 is 5.89. The number of halogens is 1. The van der Waals surface area contributed by atoms with Crippen molar-refractivity contribution in [3.63, 3.8) is 0 Å². The summed E-state index contributed by atoms with van der Waals surface area (Å²) in [7, 11) is -3.76. The van der Waals surface area contributed by atoms with Gasteiger partial charge in [-0.1, -0.05) is 47.5 Å². The van der Waals surface area contributed by atoms with Gasteiger partial charge in [0.15, 0.2) is 0 Å². The SMILES string of the molecule is Cc1ccc(S(=O)(=O)Nc2ccc(-c3ccc(Cl)cc3)cc2C#N)cc1. The second-order valence-electron chi connectivity index (χ2n) is 5.80. The van der Waals surface area contributed by atoms with Gasteiger partial charge in [-0.25, -0.2) is 8.42 Å². The normalized spacial score (nSPS) is 11.0. The van der Waals surface area contributed by atoms with E-state index in [1.807, 2.05) is 25.1 Å². The average Bonchev–Trinajstić information content (AvgIpc) is 2.63. The molecule has 0 atom stereocenters. The van der Waals surface area contributed by atoms with Crippen LogP contribution in [0.3, 0.4) is 0 Å². The van der Waals surface area contributed by atoms with Gasteiger partial charge < -0.3 is 0 Å². The van der Waals surface area contributed by atoms with Crippen LogP contribution in [0.4, 0.5) is 5.69 Å². The molecule has 6 heteroatoms. The van der Waals surface area contributed by atoms with Crippen LogP contribution in [0.1, 0.15) is 11.1 Å². The molecule has 4 nitrogen and oxygen atoms in total. The first-order valence-corrected chi connectivity index (χ1v) is 9.65. The third-order valence-electron chi connectivity index (χ3n) is 3.89. The molecule has 0 aromatic heterocycles. The van der Waals surface area contributed by atoms with Gasteiger partial charge in [-0.15, -0.1) is 0 Å². The van der Waals surface area contributed by atoms with E-state index in [1.54, 1.807) is 42.5 Å². The maximum atomic E-state index is 12.5. The molecule has 0 aliphatic rings. The van der Waals surface area contributed by atoms with Crippen molar-refractivity contribution >= 4 is 27.3 Å². The summed E-state index contributed by atoms with van der Waals surface area (Å²) in [4.78, 5) is 0.147. The molecule has 0 saturated heterocycles. The van der Waals surface area contributed by atoms with Crippen LogP contribution in [0.2, 0.25) is 5.02 Å². The molecule has 0 aliphatic carbocycles. The maximum Gasteiger partial charge on any atom is 0.261 e. The summed E-state index contributed by atoms with van der Waals surface area (Å²) in [6, 6.07) is 20.8. The van der Waals surface area contributed by atoms with Gasteiger partial charge in [-0.3, -0.25) is 4.72 Å². The first kappa shape index (κ1) is 18.0. The predicted molar refractivity (Wildman–Crippen MR) is 104 cm³/mol. The fourth-order valence-corrected chi connectivity index (χ4v) is 3.67. The summed E-state index contributed by atoms with van der Waals surface area (Å²) in [6.45, 7) is 1.88. The molecular formula is C20H15ClN2O2S. The Hall–Kier alpha value is -2.81. The Morgan fingerprint density at radius 2 is 1.54 bits per heavy atom. The number of aryl methyl sites for hydroxylation is 1. The minimum Gasteiger partial charge on any atom is -0.278 e. The van der Waals surface area contributed by atoms with E-state index in [1.165, 1.54) is 12.1 Å². The molecule has 3 aromatic carbocycles. The zero-order valence-corrected chi connectivity index (χ0v) is 15.5. The molecule has 3 aromatic rings. The molecule has 1 N–H and O–H groups in total. The molecule has 0 unspecified atom stereocenters. The Kier molecular flexibility index (Phi) is 4.99. The van der Waals surface area contributed by atoms with Crippen molar-refractivity contribution in [3.05, 3.63) is 82.9 Å². The third kappa shape index (κ3) is 3.88. The standard InChI is InChI=1S/C20H15ClN2O2S/c1-14-2-9-19(10-3-14)26(24,25)23-20-11-6-16(12-17(20)13-22)15-4-7-18(21)8-5-15/h2-12,23H,1H3. The first-order chi connectivity index (χ1) is 12.4. The van der Waals surface area contributed by atoms with Crippen LogP contribution in [0.5, 0.6) is 0 Å². The first-order valence-electron chi connectivity index (χ1n) is 7.78. The van der Waals surface area contributed by atoms with E-state index in [4.69, 9.17) is 11.6 Å². The highest BCUT2D eigenvalue weighted by molar-refractivity contribution is 7.92. The molecule has 130 valence electrons. The topological polar surface area (TPSA) is 70.0 Å². The highest BCUT2D eigenvalue weighted by atomic mass is 35.5. The van der Waals surface area contributed by atoms with E-state index >= 15 is 0 Å². The van der Waals surface area contributed by atoms with Crippen molar-refractivity contribution in [2.24, 2.45) is 0 Å². The number of sulfonamides is 1. The minimum absolute atomic E-state index is 0.147. The van der Waals surface area contributed by atoms with Gasteiger partial charge in [0.05, 0.1) is 16.1 Å². The van der Waals surface area contributed by atoms with Crippen LogP contribution in [-0.2, 0) is 10.0 Å². The number of nitrogens with one attached hydrogen (secondary N) is 1. The molecule has 0 saturated carbocycles. The van der Waals surface area contributed by atoms with E-state index in [0.29, 0.717) is 5.02 Å². The van der Waals surface area contributed by atoms with E-state index in [9.17, 15) is 13.7 Å². The van der Waals surface area contributed by atoms with Crippen LogP contribution in [0.25, 0.3) is 11.1 Å². The lowest BCUT2D eigenvalue weighted by Crippen LogP contribution is -2.13. The van der Waals surface area contributed by atoms with E-state index in [0.717, 1.165) is 16.7 Å². The second kappa shape index (κ2) is 7.20. The van der Waals surface area contributed by atoms with Gasteiger partial charge in [0.1, 0.15) is 6.07 Å². The molecule has 0 amide bonds. The molecule has 0 radical (unpaired) electrons. The number of hydrogen-bond donors (Lipinski definition) is 1. The van der Waals surface area contributed by atoms with Crippen LogP contribution in [0, 0.1) is 18.3 Å². The van der Waals surface area contributed by atoms with Crippen molar-refractivity contribution < 1.29 is 8.42 Å². The van der Waals surface area contributed by atoms with Gasteiger partial charge >= 0.3 is 0 Å². The molecule has 0 aliphatic heterocycles. The number of rotatable bonds is 4. The summed E-state index contributed by atoms with van der Waals surface area (Å²) in [5.41, 5.74) is 3.14. The fraction of sp³-hybridized carbons (Fsp3) is 0.0500. The largest absolute Gasteiger partial charge is 0.278 e. The second-order valence-corrected chi connectivity index (χ2v) is 7.92. The smallest absolute Gasteiger partial charge is 0.261 e. The van der Waals surface area contributed by atoms with Crippen molar-refractivity contribution in [1.29, 1.82) is 5.26 Å². The zero-order valence-electron chi connectivity index (χ0n) is 13.9. The molecule has 0 fully saturated rings. The Balaban J connectivity index is 1.94. The van der Waals surface area contributed by atoms with Gasteiger partial charge in [-0.2, -0.15) is 5.26 Å². The van der Waals surface area contributed by atoms with E-state index < -0.39 is 10.0 Å². The van der Waals surface area contributed by atoms with Crippen molar-refractivity contribution in [2.75, 3.05) is 4.72 Å². The van der Waals surface area contributed by atoms with E-state index in [-0.39, 0.29) is 16.1 Å². The number of nitriles is 1. The van der Waals surface area contributed by atoms with Crippen LogP contribution >= 0.6 is 11.6 Å². The Morgan fingerprint density at radius 1 is 0.923 bits per heavy atom. The van der Waals surface area contributed by atoms with E-state index in [2.05, 4.69) is 4.72 Å². The lowest BCUT2D eigenvalue weighted by atomic mass is 10.0. The van der Waals surface area contributed by atoms with Crippen LogP contribution in [-0.4, -0.2) is 8.42 Å². The Labute approximate surface area is 157 Å². The number of nitrogens with zero attached hydrogens (tertiary/aromatic N) is 1. The van der Waals surface area contributed by atoms with Crippen LogP contribution in [0.15, 0.2) is 71.6 Å². The molecular weight excluding hydrogens is 368 g/mol. The van der Waals surface area contributed by atoms with Gasteiger partial charge in [0.25, 0.3) is 10.0 Å². The number of benzene rings is 3. The van der Waals surface area contributed by atoms with Crippen LogP contribution < -0.4 is 4.72 Å². The Bertz CT molecular complexity index is 1080. The molecule has 0 spiro atoms. The summed E-state index contributed by atoms with van der Waals surface area (Å²) in [5.74, 6) is 0. The van der Waals surface area contributed by atoms with Crippen molar-refractivity contribution in [3.8, 4) is 17.2 Å². The fourth-order valence-electron chi connectivity index (χ4n) is 2.47. The van der Waals surface area contributed by atoms with Gasteiger partial charge in [0, 0.05) is 5.02 Å². The quantitative estimate of drug-likeness (QED) is 0.691. The highest BCUT2D eigenvalue weighted by Crippen LogP contribution is 2.27. The molecule has 0 bridgehead atoms. The Morgan fingerprint density at radius 3 is 2.15 bits per heavy atom. The lowest BCUT2D eigenvalue weighted by Gasteiger charge is -2.11. The summed E-state index contributed by atoms with van der Waals surface area (Å²) in [6.07, 6.45) is 0. The highest BCUT2D eigenvalue weighted by Gasteiger charge is 2.16. The molecule has 26 heavy (non-hydrogen) atoms.